The molecule has 0 bridgehead atoms. The lowest BCUT2D eigenvalue weighted by Crippen LogP contribution is -2.03. The second kappa shape index (κ2) is 5.91. The minimum atomic E-state index is -1.03. The highest BCUT2D eigenvalue weighted by Crippen LogP contribution is 2.28. The maximum Gasteiger partial charge on any atom is 0.356 e. The Morgan fingerprint density at radius 3 is 2.40 bits per heavy atom. The average molecular weight is 328 g/mol. The SMILES string of the molecule is Cc1ccccc1-n1nc(C(=O)O)cc1-c1ccc2ccccc2c1. The normalized spacial score (nSPS) is 10.9. The number of aromatic nitrogens is 2. The minimum Gasteiger partial charge on any atom is -0.476 e. The van der Waals surface area contributed by atoms with Gasteiger partial charge in [0.1, 0.15) is 0 Å². The van der Waals surface area contributed by atoms with Crippen molar-refractivity contribution in [3.8, 4) is 16.9 Å². The van der Waals surface area contributed by atoms with Crippen LogP contribution in [-0.2, 0) is 0 Å². The molecule has 4 rings (SSSR count). The Morgan fingerprint density at radius 1 is 0.920 bits per heavy atom. The van der Waals surface area contributed by atoms with Gasteiger partial charge in [0.15, 0.2) is 5.69 Å². The zero-order valence-corrected chi connectivity index (χ0v) is 13.7. The van der Waals surface area contributed by atoms with Crippen LogP contribution in [0.1, 0.15) is 16.1 Å². The number of fused-ring (bicyclic) bond motifs is 1. The average Bonchev–Trinajstić information content (AvgIpc) is 3.07. The van der Waals surface area contributed by atoms with Crippen molar-refractivity contribution in [3.05, 3.63) is 84.1 Å². The van der Waals surface area contributed by atoms with Crippen LogP contribution in [0.15, 0.2) is 72.8 Å². The van der Waals surface area contributed by atoms with E-state index >= 15 is 0 Å². The smallest absolute Gasteiger partial charge is 0.356 e. The molecule has 0 saturated carbocycles. The number of aromatic carboxylic acids is 1. The molecule has 1 heterocycles. The van der Waals surface area contributed by atoms with E-state index in [1.807, 2.05) is 61.5 Å². The van der Waals surface area contributed by atoms with Crippen LogP contribution < -0.4 is 0 Å². The van der Waals surface area contributed by atoms with Crippen molar-refractivity contribution < 1.29 is 9.90 Å². The highest BCUT2D eigenvalue weighted by molar-refractivity contribution is 5.90. The topological polar surface area (TPSA) is 55.1 Å². The van der Waals surface area contributed by atoms with Crippen LogP contribution in [0.3, 0.4) is 0 Å². The molecule has 4 heteroatoms. The van der Waals surface area contributed by atoms with Gasteiger partial charge in [0, 0.05) is 5.56 Å². The molecule has 4 aromatic rings. The minimum absolute atomic E-state index is 0.0337. The zero-order valence-electron chi connectivity index (χ0n) is 13.7. The lowest BCUT2D eigenvalue weighted by Gasteiger charge is -2.11. The molecule has 0 amide bonds. The Kier molecular flexibility index (Phi) is 3.58. The van der Waals surface area contributed by atoms with Gasteiger partial charge >= 0.3 is 5.97 Å². The standard InChI is InChI=1S/C21H16N2O2/c1-14-6-2-5-9-19(14)23-20(13-18(22-23)21(24)25)17-11-10-15-7-3-4-8-16(15)12-17/h2-13H,1H3,(H,24,25). The summed E-state index contributed by atoms with van der Waals surface area (Å²) in [6.07, 6.45) is 0. The number of para-hydroxylation sites is 1. The van der Waals surface area contributed by atoms with Crippen molar-refractivity contribution in [2.45, 2.75) is 6.92 Å². The molecule has 25 heavy (non-hydrogen) atoms. The lowest BCUT2D eigenvalue weighted by molar-refractivity contribution is 0.0690. The fourth-order valence-electron chi connectivity index (χ4n) is 3.02. The van der Waals surface area contributed by atoms with Crippen LogP contribution in [0.4, 0.5) is 0 Å². The molecular formula is C21H16N2O2. The quantitative estimate of drug-likeness (QED) is 0.593. The molecule has 1 aromatic heterocycles. The molecule has 0 saturated heterocycles. The summed E-state index contributed by atoms with van der Waals surface area (Å²) >= 11 is 0. The maximum absolute atomic E-state index is 11.5. The molecule has 0 spiro atoms. The molecule has 3 aromatic carbocycles. The third-order valence-electron chi connectivity index (χ3n) is 4.32. The summed E-state index contributed by atoms with van der Waals surface area (Å²) in [4.78, 5) is 11.5. The fraction of sp³-hybridized carbons (Fsp3) is 0.0476. The van der Waals surface area contributed by atoms with E-state index in [0.717, 1.165) is 33.3 Å². The van der Waals surface area contributed by atoms with Crippen molar-refractivity contribution in [3.63, 3.8) is 0 Å². The Hall–Kier alpha value is -3.40. The molecule has 0 radical (unpaired) electrons. The molecule has 0 atom stereocenters. The van der Waals surface area contributed by atoms with Crippen molar-refractivity contribution in [2.24, 2.45) is 0 Å². The van der Waals surface area contributed by atoms with Crippen molar-refractivity contribution in [1.29, 1.82) is 0 Å². The number of nitrogens with zero attached hydrogens (tertiary/aromatic N) is 2. The third kappa shape index (κ3) is 2.68. The predicted octanol–water partition coefficient (Wildman–Crippen LogP) is 4.70. The van der Waals surface area contributed by atoms with Crippen molar-refractivity contribution >= 4 is 16.7 Å². The fourth-order valence-corrected chi connectivity index (χ4v) is 3.02. The summed E-state index contributed by atoms with van der Waals surface area (Å²) in [6.45, 7) is 1.99. The number of benzene rings is 3. The van der Waals surface area contributed by atoms with Crippen LogP contribution in [0.2, 0.25) is 0 Å². The molecular weight excluding hydrogens is 312 g/mol. The summed E-state index contributed by atoms with van der Waals surface area (Å²) in [5.41, 5.74) is 3.63. The first kappa shape index (κ1) is 15.1. The maximum atomic E-state index is 11.5. The molecule has 0 aliphatic rings. The van der Waals surface area contributed by atoms with Gasteiger partial charge in [-0.1, -0.05) is 54.6 Å². The van der Waals surface area contributed by atoms with Gasteiger partial charge in [0.25, 0.3) is 0 Å². The van der Waals surface area contributed by atoms with Crippen LogP contribution in [0, 0.1) is 6.92 Å². The Bertz CT molecular complexity index is 1100. The number of carbonyl (C=O) groups is 1. The highest BCUT2D eigenvalue weighted by Gasteiger charge is 2.17. The van der Waals surface area contributed by atoms with Gasteiger partial charge in [-0.05, 0) is 41.5 Å². The van der Waals surface area contributed by atoms with Gasteiger partial charge in [-0.3, -0.25) is 0 Å². The number of carboxylic acids is 1. The molecule has 0 aliphatic carbocycles. The van der Waals surface area contributed by atoms with Gasteiger partial charge in [0.05, 0.1) is 11.4 Å². The summed E-state index contributed by atoms with van der Waals surface area (Å²) in [6, 6.07) is 23.6. The first-order chi connectivity index (χ1) is 12.1. The monoisotopic (exact) mass is 328 g/mol. The zero-order chi connectivity index (χ0) is 17.4. The number of rotatable bonds is 3. The lowest BCUT2D eigenvalue weighted by atomic mass is 10.0. The molecule has 1 N–H and O–H groups in total. The third-order valence-corrected chi connectivity index (χ3v) is 4.32. The number of hydrogen-bond donors (Lipinski definition) is 1. The second-order valence-electron chi connectivity index (χ2n) is 5.98. The van der Waals surface area contributed by atoms with E-state index in [-0.39, 0.29) is 5.69 Å². The van der Waals surface area contributed by atoms with E-state index in [2.05, 4.69) is 17.2 Å². The van der Waals surface area contributed by atoms with Gasteiger partial charge in [0.2, 0.25) is 0 Å². The van der Waals surface area contributed by atoms with E-state index in [4.69, 9.17) is 0 Å². The van der Waals surface area contributed by atoms with E-state index in [1.54, 1.807) is 10.7 Å². The largest absolute Gasteiger partial charge is 0.476 e. The summed E-state index contributed by atoms with van der Waals surface area (Å²) < 4.78 is 1.71. The van der Waals surface area contributed by atoms with Gasteiger partial charge in [-0.25, -0.2) is 9.48 Å². The van der Waals surface area contributed by atoms with E-state index in [9.17, 15) is 9.90 Å². The molecule has 122 valence electrons. The Morgan fingerprint density at radius 2 is 1.64 bits per heavy atom. The molecule has 0 aliphatic heterocycles. The van der Waals surface area contributed by atoms with Gasteiger partial charge < -0.3 is 5.11 Å². The first-order valence-corrected chi connectivity index (χ1v) is 8.02. The van der Waals surface area contributed by atoms with Crippen LogP contribution >= 0.6 is 0 Å². The first-order valence-electron chi connectivity index (χ1n) is 8.02. The Labute approximate surface area is 145 Å². The number of carboxylic acid groups (broad SMARTS) is 1. The van der Waals surface area contributed by atoms with E-state index in [1.165, 1.54) is 0 Å². The van der Waals surface area contributed by atoms with E-state index in [0.29, 0.717) is 0 Å². The molecule has 0 fully saturated rings. The summed E-state index contributed by atoms with van der Waals surface area (Å²) in [5.74, 6) is -1.03. The van der Waals surface area contributed by atoms with Crippen LogP contribution in [0.25, 0.3) is 27.7 Å². The number of aryl methyl sites for hydroxylation is 1. The van der Waals surface area contributed by atoms with Crippen molar-refractivity contribution in [1.82, 2.24) is 9.78 Å². The summed E-state index contributed by atoms with van der Waals surface area (Å²) in [5, 5.41) is 15.9. The van der Waals surface area contributed by atoms with Gasteiger partial charge in [-0.15, -0.1) is 0 Å². The van der Waals surface area contributed by atoms with Crippen LogP contribution in [-0.4, -0.2) is 20.9 Å². The molecule has 4 nitrogen and oxygen atoms in total. The second-order valence-corrected chi connectivity index (χ2v) is 5.98. The highest BCUT2D eigenvalue weighted by atomic mass is 16.4. The Balaban J connectivity index is 1.96. The van der Waals surface area contributed by atoms with E-state index < -0.39 is 5.97 Å². The van der Waals surface area contributed by atoms with Gasteiger partial charge in [-0.2, -0.15) is 5.10 Å². The number of hydrogen-bond acceptors (Lipinski definition) is 2. The van der Waals surface area contributed by atoms with Crippen LogP contribution in [0.5, 0.6) is 0 Å². The predicted molar refractivity (Wildman–Crippen MR) is 98.2 cm³/mol. The summed E-state index contributed by atoms with van der Waals surface area (Å²) in [7, 11) is 0. The molecule has 0 unspecified atom stereocenters. The van der Waals surface area contributed by atoms with Crippen molar-refractivity contribution in [2.75, 3.05) is 0 Å².